The molecule has 0 unspecified atom stereocenters. The van der Waals surface area contributed by atoms with Crippen LogP contribution in [0.1, 0.15) is 0 Å². The minimum atomic E-state index is -5.46. The van der Waals surface area contributed by atoms with Crippen molar-refractivity contribution in [2.45, 2.75) is 29.4 Å². The number of nitrogens with one attached hydrogen (secondary N) is 2. The van der Waals surface area contributed by atoms with Crippen LogP contribution in [0.5, 0.6) is 11.5 Å². The van der Waals surface area contributed by atoms with Gasteiger partial charge in [-0.2, -0.15) is 65.7 Å². The molecule has 44 heteroatoms. The summed E-state index contributed by atoms with van der Waals surface area (Å²) >= 11 is 6.27. The Hall–Kier alpha value is -7.18. The first kappa shape index (κ1) is 63.4. The number of aromatic nitrogens is 3. The number of hydrogen-bond acceptors (Lipinski definition) is 27. The summed E-state index contributed by atoms with van der Waals surface area (Å²) in [6.07, 6.45) is 0. The third-order valence-electron chi connectivity index (χ3n) is 10.6. The van der Waals surface area contributed by atoms with Gasteiger partial charge < -0.3 is 15.2 Å². The van der Waals surface area contributed by atoms with Gasteiger partial charge in [-0.05, 0) is 107 Å². The molecule has 0 radical (unpaired) electrons. The molecule has 7 rings (SSSR count). The largest absolute Gasteiger partial charge is 0.505 e. The van der Waals surface area contributed by atoms with Crippen LogP contribution < -0.4 is 11.2 Å². The average Bonchev–Trinajstić information content (AvgIpc) is 2.90. The minimum absolute atomic E-state index is 0.257. The van der Waals surface area contributed by atoms with Gasteiger partial charge in [0.15, 0.2) is 31.2 Å². The van der Waals surface area contributed by atoms with Crippen molar-refractivity contribution in [1.82, 2.24) is 15.0 Å². The van der Waals surface area contributed by atoms with Crippen molar-refractivity contribution in [2.24, 2.45) is 30.4 Å². The summed E-state index contributed by atoms with van der Waals surface area (Å²) in [5, 5.41) is 35.1. The molecule has 0 aliphatic rings. The predicted octanol–water partition coefficient (Wildman–Crippen LogP) is 3.58. The summed E-state index contributed by atoms with van der Waals surface area (Å²) in [7, 11) is -39.9. The number of halogens is 1. The molecule has 0 aliphatic heterocycles. The molecule has 444 valence electrons. The molecule has 0 fully saturated rings. The van der Waals surface area contributed by atoms with Gasteiger partial charge in [-0.25, -0.2) is 35.2 Å². The van der Waals surface area contributed by atoms with Crippen molar-refractivity contribution in [1.29, 1.82) is 0 Å². The van der Waals surface area contributed by atoms with Crippen LogP contribution in [0.25, 0.3) is 21.5 Å². The lowest BCUT2D eigenvalue weighted by atomic mass is 10.1. The fourth-order valence-corrected chi connectivity index (χ4v) is 12.6. The monoisotopic (exact) mass is 1330 g/mol. The molecule has 6 aromatic carbocycles. The number of benzene rings is 6. The molecule has 1 heterocycles. The molecule has 35 nitrogen and oxygen atoms in total. The van der Waals surface area contributed by atoms with Crippen LogP contribution in [0, 0.1) is 0 Å². The van der Waals surface area contributed by atoms with Crippen LogP contribution in [0.15, 0.2) is 145 Å². The maximum atomic E-state index is 12.7. The Bertz CT molecular complexity index is 4710. The number of H-pyrrole nitrogens is 2. The Kier molecular flexibility index (Phi) is 17.7. The van der Waals surface area contributed by atoms with E-state index in [9.17, 15) is 95.8 Å². The van der Waals surface area contributed by atoms with E-state index in [0.717, 1.165) is 48.5 Å². The van der Waals surface area contributed by atoms with Crippen LogP contribution in [0.3, 0.4) is 0 Å². The number of hydrogen-bond donors (Lipinski definition) is 10. The van der Waals surface area contributed by atoms with Crippen LogP contribution in [0.2, 0.25) is 5.28 Å². The quantitative estimate of drug-likeness (QED) is 0.0385. The standard InChI is InChI=1S/C39H32ClN9O26S8/c40-37-43-38(41-27-17-25(78(56,57)58)13-19-15-29(80(62,63)64)33(35(50)31(19)27)48-46-21-1-5-23(6-2-21)76(52,53)11-9-74-82(68,69)70)45-39(44-37)42-28-18-26(79(59,60)61)14-20-16-30(81(65,66)67)34(36(51)32(20)28)49-47-22-3-7-24(8-4-22)77(54,55)12-10-75-83(71,72)73/h1-8,13-18,50-51H,9-12H2,(H,56,57,58)(H,59,60,61)(H,62,63,64)(H,65,66,67)(H,68,69,70)(H,71,72,73)(H2,41,42,43,44,45). The van der Waals surface area contributed by atoms with E-state index in [2.05, 4.69) is 53.8 Å². The first-order chi connectivity index (χ1) is 38.1. The molecule has 1 aromatic heterocycles. The van der Waals surface area contributed by atoms with Crippen molar-refractivity contribution < 1.29 is 113 Å². The van der Waals surface area contributed by atoms with Crippen molar-refractivity contribution >= 4 is 148 Å². The number of aromatic amines is 2. The zero-order valence-corrected chi connectivity index (χ0v) is 47.4. The van der Waals surface area contributed by atoms with Crippen LogP contribution >= 0.6 is 11.6 Å². The van der Waals surface area contributed by atoms with Crippen molar-refractivity contribution in [2.75, 3.05) is 24.7 Å². The number of sulfone groups is 2. The van der Waals surface area contributed by atoms with Gasteiger partial charge >= 0.3 is 20.8 Å². The van der Waals surface area contributed by atoms with E-state index in [1.165, 1.54) is 0 Å². The van der Waals surface area contributed by atoms with Gasteiger partial charge in [0.2, 0.25) is 16.5 Å². The van der Waals surface area contributed by atoms with E-state index in [-0.39, 0.29) is 11.4 Å². The van der Waals surface area contributed by atoms with E-state index in [4.69, 9.17) is 20.7 Å². The fraction of sp³-hybridized carbons (Fsp3) is 0.103. The van der Waals surface area contributed by atoms with Gasteiger partial charge in [0, 0.05) is 0 Å². The highest BCUT2D eigenvalue weighted by Crippen LogP contribution is 2.47. The van der Waals surface area contributed by atoms with E-state index in [1.807, 2.05) is 0 Å². The maximum Gasteiger partial charge on any atom is 0.397 e. The van der Waals surface area contributed by atoms with Gasteiger partial charge in [-0.3, -0.25) is 32.3 Å². The minimum Gasteiger partial charge on any atom is -0.505 e. The molecule has 0 bridgehead atoms. The number of nitrogens with zero attached hydrogens (tertiary/aromatic N) is 7. The average molecular weight is 1330 g/mol. The van der Waals surface area contributed by atoms with Gasteiger partial charge in [-0.15, -0.1) is 10.2 Å². The number of rotatable bonds is 20. The summed E-state index contributed by atoms with van der Waals surface area (Å²) in [6.45, 7) is -1.95. The van der Waals surface area contributed by atoms with Crippen molar-refractivity contribution in [3.8, 4) is 11.5 Å². The normalized spacial score (nSPS) is 14.0. The van der Waals surface area contributed by atoms with Gasteiger partial charge in [0.1, 0.15) is 21.2 Å². The van der Waals surface area contributed by atoms with Crippen LogP contribution in [-0.2, 0) is 89.3 Å². The summed E-state index contributed by atoms with van der Waals surface area (Å²) in [4.78, 5) is 11.6. The zero-order valence-electron chi connectivity index (χ0n) is 40.1. The number of phenols is 2. The first-order valence-electron chi connectivity index (χ1n) is 21.4. The SMILES string of the molecule is O=S(=O)(O)OCCS(=O)(=O)c1ccc(N=Nc2c(S(=O)(=O)O)cc3cc(S(=O)(=O)O)cc(N=c4nc(Cl)[nH]c(=Nc5cc(S(=O)(=O)O)cc6cc(S(=O)(=O)O)c(N=Nc7ccc(S(=O)(=O)CCOS(=O)(=O)O)cc7)c(O)c56)[nH]4)c3c2O)cc1. The van der Waals surface area contributed by atoms with E-state index >= 15 is 0 Å². The summed E-state index contributed by atoms with van der Waals surface area (Å²) in [6, 6.07) is 11.3. The molecular weight excluding hydrogens is 1300 g/mol. The zero-order chi connectivity index (χ0) is 61.6. The highest BCUT2D eigenvalue weighted by molar-refractivity contribution is 7.92. The number of phenolic OH excluding ortho intramolecular Hbond substituents is 2. The lowest BCUT2D eigenvalue weighted by molar-refractivity contribution is 0.282. The number of aromatic hydroxyl groups is 2. The number of azo groups is 2. The Labute approximate surface area is 470 Å². The topological polar surface area (TPSA) is 572 Å². The molecule has 83 heavy (non-hydrogen) atoms. The van der Waals surface area contributed by atoms with Gasteiger partial charge in [0.05, 0.1) is 77.8 Å². The lowest BCUT2D eigenvalue weighted by Crippen LogP contribution is -2.26. The molecule has 0 aliphatic carbocycles. The third-order valence-corrected chi connectivity index (χ3v) is 18.5. The van der Waals surface area contributed by atoms with E-state index in [1.54, 1.807) is 0 Å². The molecule has 0 saturated heterocycles. The molecule has 10 N–H and O–H groups in total. The highest BCUT2D eigenvalue weighted by atomic mass is 35.5. The van der Waals surface area contributed by atoms with Crippen molar-refractivity contribution in [3.63, 3.8) is 0 Å². The Balaban J connectivity index is 1.39. The Morgan fingerprint density at radius 1 is 0.458 bits per heavy atom. The van der Waals surface area contributed by atoms with E-state index in [0.29, 0.717) is 36.4 Å². The Morgan fingerprint density at radius 2 is 0.831 bits per heavy atom. The molecule has 0 spiro atoms. The molecule has 0 saturated carbocycles. The van der Waals surface area contributed by atoms with Gasteiger partial charge in [0.25, 0.3) is 40.5 Å². The summed E-state index contributed by atoms with van der Waals surface area (Å²) in [5.74, 6) is -4.32. The maximum absolute atomic E-state index is 12.7. The predicted molar refractivity (Wildman–Crippen MR) is 279 cm³/mol. The third kappa shape index (κ3) is 15.7. The smallest absolute Gasteiger partial charge is 0.397 e. The van der Waals surface area contributed by atoms with Crippen LogP contribution in [-0.4, -0.2) is 145 Å². The van der Waals surface area contributed by atoms with Gasteiger partial charge in [-0.1, -0.05) is 0 Å². The second kappa shape index (κ2) is 23.1. The number of fused-ring (bicyclic) bond motifs is 2. The molecule has 0 amide bonds. The summed E-state index contributed by atoms with van der Waals surface area (Å²) < 4.78 is 261. The van der Waals surface area contributed by atoms with Crippen molar-refractivity contribution in [3.05, 3.63) is 101 Å². The second-order valence-corrected chi connectivity index (χ2v) is 28.6. The van der Waals surface area contributed by atoms with Crippen LogP contribution in [0.4, 0.5) is 34.1 Å². The highest BCUT2D eigenvalue weighted by Gasteiger charge is 2.28. The second-order valence-electron chi connectivity index (χ2n) is 16.2. The summed E-state index contributed by atoms with van der Waals surface area (Å²) in [5.41, 5.74) is -5.58. The molecule has 0 atom stereocenters. The van der Waals surface area contributed by atoms with E-state index < -0.39 is 207 Å². The molecule has 7 aromatic rings. The first-order valence-corrected chi connectivity index (χ1v) is 33.5. The molecular formula is C39H32ClN9O26S8. The lowest BCUT2D eigenvalue weighted by Gasteiger charge is -2.12. The fourth-order valence-electron chi connectivity index (χ4n) is 7.05. The Morgan fingerprint density at radius 3 is 1.18 bits per heavy atom.